The van der Waals surface area contributed by atoms with E-state index < -0.39 is 97.5 Å². The van der Waals surface area contributed by atoms with Gasteiger partial charge in [-0.1, -0.05) is 311 Å². The SMILES string of the molecule is CCCCCCCCCCCCCCCCCCC(=O)OC[C@H](COP(=O)(O)OC[C@@H](O)COP(=O)(O)OC[C@@H](COC(=O)CCCCCCC)OC(=O)CCCCCCCCCCCC)OC(=O)CCCCCCCCCCCCCCCCCC(C)C. The molecule has 0 aromatic heterocycles. The van der Waals surface area contributed by atoms with Gasteiger partial charge in [-0.05, 0) is 31.6 Å². The number of hydrogen-bond acceptors (Lipinski definition) is 15. The van der Waals surface area contributed by atoms with Crippen molar-refractivity contribution in [3.05, 3.63) is 0 Å². The van der Waals surface area contributed by atoms with Crippen LogP contribution in [-0.2, 0) is 65.4 Å². The molecule has 0 spiro atoms. The first-order valence-electron chi connectivity index (χ1n) is 36.6. The van der Waals surface area contributed by atoms with Crippen LogP contribution in [0.1, 0.15) is 362 Å². The molecule has 0 aliphatic carbocycles. The van der Waals surface area contributed by atoms with Crippen molar-refractivity contribution in [3.8, 4) is 0 Å². The molecule has 0 amide bonds. The second-order valence-corrected chi connectivity index (χ2v) is 28.7. The zero-order chi connectivity index (χ0) is 65.6. The van der Waals surface area contributed by atoms with Gasteiger partial charge in [0.05, 0.1) is 26.4 Å². The maximum Gasteiger partial charge on any atom is 0.472 e. The van der Waals surface area contributed by atoms with Gasteiger partial charge in [-0.15, -0.1) is 0 Å². The summed E-state index contributed by atoms with van der Waals surface area (Å²) in [7, 11) is -9.89. The van der Waals surface area contributed by atoms with Crippen LogP contribution >= 0.6 is 15.6 Å². The lowest BCUT2D eigenvalue weighted by Crippen LogP contribution is -2.30. The Kier molecular flexibility index (Phi) is 62.1. The summed E-state index contributed by atoms with van der Waals surface area (Å²) >= 11 is 0. The fraction of sp³-hybridized carbons (Fsp3) is 0.943. The lowest BCUT2D eigenvalue weighted by atomic mass is 10.0. The smallest absolute Gasteiger partial charge is 0.462 e. The minimum atomic E-state index is -4.95. The first kappa shape index (κ1) is 87.1. The molecule has 0 saturated heterocycles. The lowest BCUT2D eigenvalue weighted by Gasteiger charge is -2.21. The van der Waals surface area contributed by atoms with Gasteiger partial charge in [0.15, 0.2) is 12.2 Å². The summed E-state index contributed by atoms with van der Waals surface area (Å²) in [6, 6.07) is 0. The molecular weight excluding hydrogens is 1170 g/mol. The normalized spacial score (nSPS) is 14.1. The molecule has 0 aliphatic heterocycles. The predicted octanol–water partition coefficient (Wildman–Crippen LogP) is 20.1. The molecule has 0 rings (SSSR count). The molecule has 0 radical (unpaired) electrons. The van der Waals surface area contributed by atoms with Crippen molar-refractivity contribution in [3.63, 3.8) is 0 Å². The van der Waals surface area contributed by atoms with Crippen LogP contribution < -0.4 is 0 Å². The third-order valence-electron chi connectivity index (χ3n) is 16.3. The van der Waals surface area contributed by atoms with Gasteiger partial charge in [-0.3, -0.25) is 37.3 Å². The van der Waals surface area contributed by atoms with Crippen molar-refractivity contribution in [2.24, 2.45) is 5.92 Å². The molecule has 0 aromatic carbocycles. The van der Waals surface area contributed by atoms with E-state index in [1.807, 2.05) is 0 Å². The van der Waals surface area contributed by atoms with Crippen molar-refractivity contribution >= 4 is 39.5 Å². The van der Waals surface area contributed by atoms with E-state index in [4.69, 9.17) is 37.0 Å². The summed E-state index contributed by atoms with van der Waals surface area (Å²) < 4.78 is 68.0. The van der Waals surface area contributed by atoms with E-state index in [0.717, 1.165) is 102 Å². The molecule has 3 N–H and O–H groups in total. The summed E-state index contributed by atoms with van der Waals surface area (Å²) in [5.41, 5.74) is 0. The van der Waals surface area contributed by atoms with Crippen molar-refractivity contribution < 1.29 is 80.2 Å². The van der Waals surface area contributed by atoms with E-state index in [1.165, 1.54) is 180 Å². The van der Waals surface area contributed by atoms with Crippen molar-refractivity contribution in [1.82, 2.24) is 0 Å². The first-order chi connectivity index (χ1) is 43.0. The Bertz CT molecular complexity index is 1720. The Morgan fingerprint density at radius 1 is 0.303 bits per heavy atom. The topological polar surface area (TPSA) is 237 Å². The van der Waals surface area contributed by atoms with Gasteiger partial charge >= 0.3 is 39.5 Å². The second-order valence-electron chi connectivity index (χ2n) is 25.7. The Balaban J connectivity index is 5.14. The van der Waals surface area contributed by atoms with Gasteiger partial charge in [-0.25, -0.2) is 9.13 Å². The van der Waals surface area contributed by atoms with Crippen molar-refractivity contribution in [2.75, 3.05) is 39.6 Å². The Morgan fingerprint density at radius 2 is 0.517 bits per heavy atom. The van der Waals surface area contributed by atoms with Gasteiger partial charge in [0.2, 0.25) is 0 Å². The number of rotatable bonds is 70. The minimum absolute atomic E-state index is 0.106. The Morgan fingerprint density at radius 3 is 0.764 bits per heavy atom. The third-order valence-corrected chi connectivity index (χ3v) is 18.2. The van der Waals surface area contributed by atoms with E-state index >= 15 is 0 Å². The van der Waals surface area contributed by atoms with Crippen LogP contribution in [0.25, 0.3) is 0 Å². The lowest BCUT2D eigenvalue weighted by molar-refractivity contribution is -0.161. The molecule has 5 atom stereocenters. The predicted molar refractivity (Wildman–Crippen MR) is 358 cm³/mol. The molecule has 0 heterocycles. The number of phosphoric acid groups is 2. The van der Waals surface area contributed by atoms with Crippen LogP contribution in [0.15, 0.2) is 0 Å². The first-order valence-corrected chi connectivity index (χ1v) is 39.6. The third kappa shape index (κ3) is 64.6. The van der Waals surface area contributed by atoms with E-state index in [-0.39, 0.29) is 25.7 Å². The van der Waals surface area contributed by atoms with Crippen LogP contribution in [0.3, 0.4) is 0 Å². The maximum atomic E-state index is 13.0. The number of carbonyl (C=O) groups excluding carboxylic acids is 4. The number of ether oxygens (including phenoxy) is 4. The molecule has 19 heteroatoms. The van der Waals surface area contributed by atoms with Crippen molar-refractivity contribution in [1.29, 1.82) is 0 Å². The van der Waals surface area contributed by atoms with Crippen LogP contribution in [0.2, 0.25) is 0 Å². The van der Waals surface area contributed by atoms with E-state index in [1.54, 1.807) is 0 Å². The minimum Gasteiger partial charge on any atom is -0.462 e. The van der Waals surface area contributed by atoms with Crippen LogP contribution in [0.4, 0.5) is 0 Å². The molecular formula is C70H136O17P2. The standard InChI is InChI=1S/C70H136O17P2/c1-6-9-12-15-17-19-21-22-23-26-29-32-36-39-44-49-54-68(73)81-60-66(87-70(75)56-51-46-41-37-33-30-27-24-25-28-31-34-38-43-47-52-63(4)5)62-85-89(78,79)83-58-64(71)57-82-88(76,77)84-61-65(59-80-67(72)53-48-42-14-11-8-3)86-69(74)55-50-45-40-35-20-18-16-13-10-7-2/h63-66,71H,6-62H2,1-5H3,(H,76,77)(H,78,79)/t64-,65+,66+/m0/s1. The van der Waals surface area contributed by atoms with Gasteiger partial charge in [0.1, 0.15) is 19.3 Å². The monoisotopic (exact) mass is 1310 g/mol. The number of phosphoric ester groups is 2. The fourth-order valence-electron chi connectivity index (χ4n) is 10.6. The largest absolute Gasteiger partial charge is 0.472 e. The highest BCUT2D eigenvalue weighted by Crippen LogP contribution is 2.45. The van der Waals surface area contributed by atoms with Crippen LogP contribution in [0.5, 0.6) is 0 Å². The molecule has 2 unspecified atom stereocenters. The van der Waals surface area contributed by atoms with Gasteiger partial charge < -0.3 is 33.8 Å². The Hall–Kier alpha value is -1.94. The number of carbonyl (C=O) groups is 4. The summed E-state index contributed by atoms with van der Waals surface area (Å²) in [6.07, 6.45) is 50.3. The molecule has 0 bridgehead atoms. The second kappa shape index (κ2) is 63.5. The number of unbranched alkanes of at least 4 members (excludes halogenated alkanes) is 42. The Labute approximate surface area is 543 Å². The van der Waals surface area contributed by atoms with Gasteiger partial charge in [0, 0.05) is 25.7 Å². The van der Waals surface area contributed by atoms with Crippen LogP contribution in [0, 0.1) is 5.92 Å². The number of aliphatic hydroxyl groups is 1. The molecule has 528 valence electrons. The zero-order valence-electron chi connectivity index (χ0n) is 57.6. The number of esters is 4. The zero-order valence-corrected chi connectivity index (χ0v) is 59.4. The number of hydrogen-bond donors (Lipinski definition) is 3. The molecule has 0 aliphatic rings. The molecule has 17 nitrogen and oxygen atoms in total. The van der Waals surface area contributed by atoms with Gasteiger partial charge in [-0.2, -0.15) is 0 Å². The quantitative estimate of drug-likeness (QED) is 0.0222. The molecule has 0 aromatic rings. The summed E-state index contributed by atoms with van der Waals surface area (Å²) in [4.78, 5) is 72.2. The average molecular weight is 1310 g/mol. The van der Waals surface area contributed by atoms with Gasteiger partial charge in [0.25, 0.3) is 0 Å². The van der Waals surface area contributed by atoms with Crippen LogP contribution in [-0.4, -0.2) is 96.7 Å². The summed E-state index contributed by atoms with van der Waals surface area (Å²) in [6.45, 7) is 7.18. The summed E-state index contributed by atoms with van der Waals surface area (Å²) in [5.74, 6) is -1.33. The maximum absolute atomic E-state index is 13.0. The molecule has 0 fully saturated rings. The number of aliphatic hydroxyl groups excluding tert-OH is 1. The highest BCUT2D eigenvalue weighted by atomic mass is 31.2. The summed E-state index contributed by atoms with van der Waals surface area (Å²) in [5, 5.41) is 10.5. The van der Waals surface area contributed by atoms with E-state index in [9.17, 15) is 43.2 Å². The highest BCUT2D eigenvalue weighted by molar-refractivity contribution is 7.47. The highest BCUT2D eigenvalue weighted by Gasteiger charge is 2.30. The van der Waals surface area contributed by atoms with E-state index in [0.29, 0.717) is 25.7 Å². The molecule has 0 saturated carbocycles. The average Bonchev–Trinajstić information content (AvgIpc) is 3.52. The molecule has 89 heavy (non-hydrogen) atoms. The van der Waals surface area contributed by atoms with E-state index in [2.05, 4.69) is 34.6 Å². The van der Waals surface area contributed by atoms with Crippen molar-refractivity contribution in [2.45, 2.75) is 380 Å². The fourth-order valence-corrected chi connectivity index (χ4v) is 12.2.